The standard InChI is InChI=1S/C16H22N4S2/c1-5-19(10-15(1)20-6-3-17-4-7-20)9-14-12-22-16(18-14)13-2-8-21-11-13/h2,8,11-12,15,17H,1,3-7,9-10H2. The van der Waals surface area contributed by atoms with Crippen molar-refractivity contribution in [1.29, 1.82) is 0 Å². The van der Waals surface area contributed by atoms with Crippen LogP contribution in [0.25, 0.3) is 10.6 Å². The summed E-state index contributed by atoms with van der Waals surface area (Å²) >= 11 is 3.51. The Morgan fingerprint density at radius 2 is 2.14 bits per heavy atom. The molecule has 6 heteroatoms. The van der Waals surface area contributed by atoms with Gasteiger partial charge in [-0.15, -0.1) is 11.3 Å². The maximum atomic E-state index is 4.81. The molecule has 1 N–H and O–H groups in total. The summed E-state index contributed by atoms with van der Waals surface area (Å²) in [4.78, 5) is 10.0. The Morgan fingerprint density at radius 3 is 2.95 bits per heavy atom. The molecular weight excluding hydrogens is 312 g/mol. The van der Waals surface area contributed by atoms with Crippen molar-refractivity contribution in [2.45, 2.75) is 19.0 Å². The first kappa shape index (κ1) is 14.8. The fourth-order valence-corrected chi connectivity index (χ4v) is 4.95. The average molecular weight is 335 g/mol. The highest BCUT2D eigenvalue weighted by molar-refractivity contribution is 7.14. The summed E-state index contributed by atoms with van der Waals surface area (Å²) < 4.78 is 0. The first-order chi connectivity index (χ1) is 10.9. The molecule has 0 radical (unpaired) electrons. The second-order valence-corrected chi connectivity index (χ2v) is 7.76. The van der Waals surface area contributed by atoms with Gasteiger partial charge in [-0.1, -0.05) is 0 Å². The van der Waals surface area contributed by atoms with Crippen LogP contribution < -0.4 is 5.32 Å². The Labute approximate surface area is 139 Å². The van der Waals surface area contributed by atoms with E-state index in [1.54, 1.807) is 22.7 Å². The lowest BCUT2D eigenvalue weighted by atomic mass is 10.2. The van der Waals surface area contributed by atoms with Gasteiger partial charge in [-0.3, -0.25) is 9.80 Å². The number of thiazole rings is 1. The van der Waals surface area contributed by atoms with E-state index in [4.69, 9.17) is 4.98 Å². The average Bonchev–Trinajstić information content (AvgIpc) is 3.30. The minimum Gasteiger partial charge on any atom is -0.314 e. The number of likely N-dealkylation sites (tertiary alicyclic amines) is 1. The van der Waals surface area contributed by atoms with E-state index in [0.717, 1.165) is 30.7 Å². The number of aromatic nitrogens is 1. The first-order valence-electron chi connectivity index (χ1n) is 8.02. The molecule has 4 rings (SSSR count). The van der Waals surface area contributed by atoms with Gasteiger partial charge in [-0.2, -0.15) is 11.3 Å². The summed E-state index contributed by atoms with van der Waals surface area (Å²) in [5, 5.41) is 11.1. The summed E-state index contributed by atoms with van der Waals surface area (Å²) in [7, 11) is 0. The third-order valence-electron chi connectivity index (χ3n) is 4.62. The second-order valence-electron chi connectivity index (χ2n) is 6.12. The normalized spacial score (nSPS) is 24.1. The van der Waals surface area contributed by atoms with Gasteiger partial charge in [0, 0.05) is 68.2 Å². The highest BCUT2D eigenvalue weighted by Crippen LogP contribution is 2.27. The minimum atomic E-state index is 0.747. The molecular formula is C16H22N4S2. The van der Waals surface area contributed by atoms with E-state index in [9.17, 15) is 0 Å². The van der Waals surface area contributed by atoms with Gasteiger partial charge in [0.15, 0.2) is 0 Å². The number of rotatable bonds is 4. The van der Waals surface area contributed by atoms with Gasteiger partial charge in [0.05, 0.1) is 5.69 Å². The first-order valence-corrected chi connectivity index (χ1v) is 9.85. The second kappa shape index (κ2) is 6.76. The summed E-state index contributed by atoms with van der Waals surface area (Å²) in [5.41, 5.74) is 2.49. The molecule has 22 heavy (non-hydrogen) atoms. The molecule has 1 unspecified atom stereocenters. The van der Waals surface area contributed by atoms with Crippen LogP contribution in [-0.4, -0.2) is 60.1 Å². The molecule has 0 saturated carbocycles. The van der Waals surface area contributed by atoms with Crippen molar-refractivity contribution in [3.05, 3.63) is 27.9 Å². The minimum absolute atomic E-state index is 0.747. The summed E-state index contributed by atoms with van der Waals surface area (Å²) in [6, 6.07) is 2.90. The lowest BCUT2D eigenvalue weighted by Gasteiger charge is -2.32. The summed E-state index contributed by atoms with van der Waals surface area (Å²) in [6.45, 7) is 8.11. The smallest absolute Gasteiger partial charge is 0.124 e. The number of nitrogens with zero attached hydrogens (tertiary/aromatic N) is 3. The van der Waals surface area contributed by atoms with Crippen LogP contribution >= 0.6 is 22.7 Å². The van der Waals surface area contributed by atoms with Crippen LogP contribution in [0.2, 0.25) is 0 Å². The van der Waals surface area contributed by atoms with Crippen molar-refractivity contribution < 1.29 is 0 Å². The monoisotopic (exact) mass is 334 g/mol. The van der Waals surface area contributed by atoms with Crippen molar-refractivity contribution in [3.63, 3.8) is 0 Å². The maximum Gasteiger partial charge on any atom is 0.124 e. The molecule has 0 aliphatic carbocycles. The van der Waals surface area contributed by atoms with Gasteiger partial charge < -0.3 is 5.32 Å². The molecule has 2 aromatic heterocycles. The number of hydrogen-bond donors (Lipinski definition) is 1. The molecule has 0 bridgehead atoms. The predicted octanol–water partition coefficient (Wildman–Crippen LogP) is 2.35. The van der Waals surface area contributed by atoms with E-state index < -0.39 is 0 Å². The Morgan fingerprint density at radius 1 is 1.23 bits per heavy atom. The SMILES string of the molecule is c1cc(-c2nc(CN3CCC(N4CCNCC4)C3)cs2)cs1. The van der Waals surface area contributed by atoms with E-state index >= 15 is 0 Å². The molecule has 0 spiro atoms. The molecule has 2 fully saturated rings. The van der Waals surface area contributed by atoms with Crippen LogP contribution in [-0.2, 0) is 6.54 Å². The van der Waals surface area contributed by atoms with Crippen LogP contribution in [0.4, 0.5) is 0 Å². The van der Waals surface area contributed by atoms with Gasteiger partial charge >= 0.3 is 0 Å². The fraction of sp³-hybridized carbons (Fsp3) is 0.562. The van der Waals surface area contributed by atoms with Gasteiger partial charge in [0.25, 0.3) is 0 Å². The molecule has 4 nitrogen and oxygen atoms in total. The van der Waals surface area contributed by atoms with E-state index in [0.29, 0.717) is 0 Å². The predicted molar refractivity (Wildman–Crippen MR) is 93.6 cm³/mol. The van der Waals surface area contributed by atoms with E-state index in [1.807, 2.05) is 0 Å². The van der Waals surface area contributed by atoms with Crippen molar-refractivity contribution in [1.82, 2.24) is 20.1 Å². The zero-order valence-corrected chi connectivity index (χ0v) is 14.3. The fourth-order valence-electron chi connectivity index (χ4n) is 3.43. The summed E-state index contributed by atoms with van der Waals surface area (Å²) in [6.07, 6.45) is 1.31. The maximum absolute atomic E-state index is 4.81. The molecule has 0 aromatic carbocycles. The van der Waals surface area contributed by atoms with Gasteiger partial charge in [0.2, 0.25) is 0 Å². The van der Waals surface area contributed by atoms with Crippen molar-refractivity contribution in [3.8, 4) is 10.6 Å². The highest BCUT2D eigenvalue weighted by Gasteiger charge is 2.28. The number of thiophene rings is 1. The van der Waals surface area contributed by atoms with Gasteiger partial charge in [0.1, 0.15) is 5.01 Å². The molecule has 1 atom stereocenters. The van der Waals surface area contributed by atoms with Crippen LogP contribution in [0, 0.1) is 0 Å². The Hall–Kier alpha value is -0.790. The lowest BCUT2D eigenvalue weighted by Crippen LogP contribution is -2.49. The topological polar surface area (TPSA) is 31.4 Å². The number of piperazine rings is 1. The molecule has 118 valence electrons. The third kappa shape index (κ3) is 3.26. The largest absolute Gasteiger partial charge is 0.314 e. The van der Waals surface area contributed by atoms with E-state index in [2.05, 4.69) is 37.3 Å². The molecule has 2 aliphatic heterocycles. The summed E-state index contributed by atoms with van der Waals surface area (Å²) in [5.74, 6) is 0. The molecule has 2 saturated heterocycles. The van der Waals surface area contributed by atoms with Crippen LogP contribution in [0.1, 0.15) is 12.1 Å². The van der Waals surface area contributed by atoms with Crippen LogP contribution in [0.15, 0.2) is 22.2 Å². The molecule has 2 aromatic rings. The molecule has 0 amide bonds. The third-order valence-corrected chi connectivity index (χ3v) is 6.24. The quantitative estimate of drug-likeness (QED) is 0.930. The van der Waals surface area contributed by atoms with Crippen molar-refractivity contribution in [2.24, 2.45) is 0 Å². The lowest BCUT2D eigenvalue weighted by molar-refractivity contribution is 0.170. The Kier molecular flexibility index (Phi) is 4.54. The van der Waals surface area contributed by atoms with Gasteiger partial charge in [-0.05, 0) is 17.9 Å². The number of hydrogen-bond acceptors (Lipinski definition) is 6. The zero-order valence-electron chi connectivity index (χ0n) is 12.7. The highest BCUT2D eigenvalue weighted by atomic mass is 32.1. The van der Waals surface area contributed by atoms with Crippen LogP contribution in [0.5, 0.6) is 0 Å². The Balaban J connectivity index is 1.34. The van der Waals surface area contributed by atoms with Crippen molar-refractivity contribution >= 4 is 22.7 Å². The van der Waals surface area contributed by atoms with Gasteiger partial charge in [-0.25, -0.2) is 4.98 Å². The van der Waals surface area contributed by atoms with E-state index in [1.165, 1.54) is 43.9 Å². The molecule has 2 aliphatic rings. The van der Waals surface area contributed by atoms with E-state index in [-0.39, 0.29) is 0 Å². The Bertz CT molecular complexity index is 589. The molecule has 4 heterocycles. The zero-order chi connectivity index (χ0) is 14.8. The van der Waals surface area contributed by atoms with Crippen molar-refractivity contribution in [2.75, 3.05) is 39.3 Å². The number of nitrogens with one attached hydrogen (secondary N) is 1. The van der Waals surface area contributed by atoms with Crippen LogP contribution in [0.3, 0.4) is 0 Å².